The Hall–Kier alpha value is -0.650. The van der Waals surface area contributed by atoms with Crippen molar-refractivity contribution < 1.29 is 19.3 Å². The number of aliphatic hydroxyl groups is 2. The molecule has 0 bridgehead atoms. The molecule has 0 aliphatic rings. The maximum atomic E-state index is 12.7. The molecule has 14 heavy (non-hydrogen) atoms. The quantitative estimate of drug-likeness (QED) is 0.863. The summed E-state index contributed by atoms with van der Waals surface area (Å²) in [6.07, 6.45) is -0.954. The normalized spacial score (nSPS) is 12.6. The first-order valence-corrected chi connectivity index (χ1v) is 4.79. The highest BCUT2D eigenvalue weighted by molar-refractivity contribution is 9.10. The van der Waals surface area contributed by atoms with Crippen molar-refractivity contribution in [2.75, 3.05) is 13.2 Å². The smallest absolute Gasteiger partial charge is 0.136 e. The van der Waals surface area contributed by atoms with Crippen LogP contribution in [0.4, 0.5) is 4.39 Å². The lowest BCUT2D eigenvalue weighted by Crippen LogP contribution is -2.21. The van der Waals surface area contributed by atoms with Gasteiger partial charge in [0.25, 0.3) is 0 Å². The van der Waals surface area contributed by atoms with Crippen LogP contribution in [0.5, 0.6) is 5.75 Å². The maximum Gasteiger partial charge on any atom is 0.136 e. The number of rotatable bonds is 4. The second-order valence-electron chi connectivity index (χ2n) is 2.72. The van der Waals surface area contributed by atoms with E-state index in [0.29, 0.717) is 10.2 Å². The van der Waals surface area contributed by atoms with Crippen molar-refractivity contribution in [3.05, 3.63) is 28.5 Å². The number of aliphatic hydroxyl groups excluding tert-OH is 2. The Morgan fingerprint density at radius 2 is 2.21 bits per heavy atom. The lowest BCUT2D eigenvalue weighted by Gasteiger charge is -2.10. The minimum Gasteiger partial charge on any atom is -0.490 e. The Kier molecular flexibility index (Phi) is 4.31. The third kappa shape index (κ3) is 3.25. The first-order valence-electron chi connectivity index (χ1n) is 4.00. The van der Waals surface area contributed by atoms with E-state index in [0.717, 1.165) is 0 Å². The van der Waals surface area contributed by atoms with E-state index in [2.05, 4.69) is 15.9 Å². The SMILES string of the molecule is OCC(O)COc1cc(F)ccc1Br. The first-order chi connectivity index (χ1) is 6.63. The van der Waals surface area contributed by atoms with Gasteiger partial charge in [0.1, 0.15) is 24.3 Å². The Balaban J connectivity index is 2.62. The van der Waals surface area contributed by atoms with Crippen LogP contribution in [0.15, 0.2) is 22.7 Å². The van der Waals surface area contributed by atoms with Crippen LogP contribution in [0.25, 0.3) is 0 Å². The molecule has 0 saturated heterocycles. The summed E-state index contributed by atoms with van der Waals surface area (Å²) < 4.78 is 18.4. The van der Waals surface area contributed by atoms with Crippen molar-refractivity contribution in [3.63, 3.8) is 0 Å². The molecule has 1 rings (SSSR count). The zero-order valence-corrected chi connectivity index (χ0v) is 8.87. The topological polar surface area (TPSA) is 49.7 Å². The molecule has 2 N–H and O–H groups in total. The molecule has 0 aromatic heterocycles. The van der Waals surface area contributed by atoms with Crippen LogP contribution < -0.4 is 4.74 Å². The minimum atomic E-state index is -0.954. The van der Waals surface area contributed by atoms with Crippen LogP contribution in [0, 0.1) is 5.82 Å². The second-order valence-corrected chi connectivity index (χ2v) is 3.58. The fraction of sp³-hybridized carbons (Fsp3) is 0.333. The van der Waals surface area contributed by atoms with E-state index in [1.165, 1.54) is 18.2 Å². The molecule has 0 heterocycles. The predicted molar refractivity (Wildman–Crippen MR) is 52.7 cm³/mol. The van der Waals surface area contributed by atoms with Crippen molar-refractivity contribution in [2.24, 2.45) is 0 Å². The van der Waals surface area contributed by atoms with Gasteiger partial charge >= 0.3 is 0 Å². The van der Waals surface area contributed by atoms with Crippen LogP contribution in [0.1, 0.15) is 0 Å². The molecule has 3 nitrogen and oxygen atoms in total. The predicted octanol–water partition coefficient (Wildman–Crippen LogP) is 1.32. The van der Waals surface area contributed by atoms with E-state index in [4.69, 9.17) is 14.9 Å². The third-order valence-electron chi connectivity index (χ3n) is 1.54. The molecule has 0 fully saturated rings. The molecule has 1 aromatic rings. The van der Waals surface area contributed by atoms with Gasteiger partial charge in [-0.2, -0.15) is 0 Å². The van der Waals surface area contributed by atoms with Gasteiger partial charge in [0.15, 0.2) is 0 Å². The van der Waals surface area contributed by atoms with E-state index >= 15 is 0 Å². The number of halogens is 2. The largest absolute Gasteiger partial charge is 0.490 e. The average molecular weight is 265 g/mol. The van der Waals surface area contributed by atoms with Gasteiger partial charge in [-0.25, -0.2) is 4.39 Å². The molecule has 78 valence electrons. The lowest BCUT2D eigenvalue weighted by molar-refractivity contribution is 0.0532. The van der Waals surface area contributed by atoms with Crippen LogP contribution in [0.3, 0.4) is 0 Å². The van der Waals surface area contributed by atoms with Crippen LogP contribution in [-0.4, -0.2) is 29.5 Å². The molecule has 0 saturated carbocycles. The van der Waals surface area contributed by atoms with Crippen molar-refractivity contribution in [2.45, 2.75) is 6.10 Å². The number of hydrogen-bond acceptors (Lipinski definition) is 3. The van der Waals surface area contributed by atoms with E-state index in [9.17, 15) is 4.39 Å². The fourth-order valence-electron chi connectivity index (χ4n) is 0.826. The summed E-state index contributed by atoms with van der Waals surface area (Å²) in [5.41, 5.74) is 0. The van der Waals surface area contributed by atoms with E-state index in [-0.39, 0.29) is 13.2 Å². The Morgan fingerprint density at radius 1 is 1.50 bits per heavy atom. The van der Waals surface area contributed by atoms with Gasteiger partial charge in [0.05, 0.1) is 11.1 Å². The summed E-state index contributed by atoms with van der Waals surface area (Å²) in [5.74, 6) is -0.112. The molecule has 1 atom stereocenters. The molecule has 0 amide bonds. The zero-order chi connectivity index (χ0) is 10.6. The number of benzene rings is 1. The summed E-state index contributed by atoms with van der Waals surface area (Å²) in [5, 5.41) is 17.5. The molecule has 5 heteroatoms. The Bertz CT molecular complexity index is 306. The second kappa shape index (κ2) is 5.29. The van der Waals surface area contributed by atoms with Gasteiger partial charge in [-0.05, 0) is 28.1 Å². The molecule has 0 radical (unpaired) electrons. The van der Waals surface area contributed by atoms with Crippen molar-refractivity contribution in [1.82, 2.24) is 0 Å². The van der Waals surface area contributed by atoms with Crippen LogP contribution >= 0.6 is 15.9 Å². The molecular formula is C9H10BrFO3. The zero-order valence-electron chi connectivity index (χ0n) is 7.28. The van der Waals surface area contributed by atoms with E-state index in [1.54, 1.807) is 0 Å². The molecule has 1 unspecified atom stereocenters. The minimum absolute atomic E-state index is 0.0709. The molecule has 0 aliphatic heterocycles. The standard InChI is InChI=1S/C9H10BrFO3/c10-8-2-1-6(11)3-9(8)14-5-7(13)4-12/h1-3,7,12-13H,4-5H2. The molecule has 1 aromatic carbocycles. The highest BCUT2D eigenvalue weighted by Crippen LogP contribution is 2.25. The third-order valence-corrected chi connectivity index (χ3v) is 2.19. The fourth-order valence-corrected chi connectivity index (χ4v) is 1.19. The number of hydrogen-bond donors (Lipinski definition) is 2. The van der Waals surface area contributed by atoms with Crippen LogP contribution in [-0.2, 0) is 0 Å². The average Bonchev–Trinajstić information content (AvgIpc) is 2.19. The van der Waals surface area contributed by atoms with E-state index in [1.807, 2.05) is 0 Å². The van der Waals surface area contributed by atoms with Gasteiger partial charge in [0.2, 0.25) is 0 Å². The maximum absolute atomic E-state index is 12.7. The van der Waals surface area contributed by atoms with Gasteiger partial charge in [0, 0.05) is 6.07 Å². The Labute approximate surface area is 89.3 Å². The highest BCUT2D eigenvalue weighted by Gasteiger charge is 2.06. The molecule has 0 spiro atoms. The van der Waals surface area contributed by atoms with Gasteiger partial charge in [-0.15, -0.1) is 0 Å². The summed E-state index contributed by atoms with van der Waals surface area (Å²) in [7, 11) is 0. The van der Waals surface area contributed by atoms with Crippen LogP contribution in [0.2, 0.25) is 0 Å². The lowest BCUT2D eigenvalue weighted by atomic mass is 10.3. The van der Waals surface area contributed by atoms with Gasteiger partial charge in [-0.3, -0.25) is 0 Å². The van der Waals surface area contributed by atoms with Crippen molar-refractivity contribution in [1.29, 1.82) is 0 Å². The summed E-state index contributed by atoms with van der Waals surface area (Å²) in [6.45, 7) is -0.453. The van der Waals surface area contributed by atoms with Gasteiger partial charge in [-0.1, -0.05) is 0 Å². The molecule has 0 aliphatic carbocycles. The van der Waals surface area contributed by atoms with Crippen molar-refractivity contribution >= 4 is 15.9 Å². The number of ether oxygens (including phenoxy) is 1. The van der Waals surface area contributed by atoms with E-state index < -0.39 is 11.9 Å². The van der Waals surface area contributed by atoms with Gasteiger partial charge < -0.3 is 14.9 Å². The summed E-state index contributed by atoms with van der Waals surface area (Å²) in [4.78, 5) is 0. The first kappa shape index (κ1) is 11.4. The highest BCUT2D eigenvalue weighted by atomic mass is 79.9. The summed E-state index contributed by atoms with van der Waals surface area (Å²) in [6, 6.07) is 4.00. The monoisotopic (exact) mass is 264 g/mol. The molecular weight excluding hydrogens is 255 g/mol. The summed E-state index contributed by atoms with van der Waals surface area (Å²) >= 11 is 3.17. The van der Waals surface area contributed by atoms with Crippen molar-refractivity contribution in [3.8, 4) is 5.75 Å². The Morgan fingerprint density at radius 3 is 2.86 bits per heavy atom.